The smallest absolute Gasteiger partial charge is 0.307 e. The van der Waals surface area contributed by atoms with Crippen molar-refractivity contribution in [3.8, 4) is 5.69 Å². The summed E-state index contributed by atoms with van der Waals surface area (Å²) in [5.41, 5.74) is 2.90. The van der Waals surface area contributed by atoms with Crippen molar-refractivity contribution in [3.05, 3.63) is 78.5 Å². The van der Waals surface area contributed by atoms with Crippen LogP contribution < -0.4 is 0 Å². The lowest BCUT2D eigenvalue weighted by Crippen LogP contribution is -1.99. The van der Waals surface area contributed by atoms with Crippen LogP contribution in [0.1, 0.15) is 5.56 Å². The lowest BCUT2D eigenvalue weighted by atomic mass is 10.1. The molecule has 0 amide bonds. The summed E-state index contributed by atoms with van der Waals surface area (Å²) in [6, 6.07) is 22.4. The zero-order valence-electron chi connectivity index (χ0n) is 12.4. The maximum Gasteiger partial charge on any atom is 0.307 e. The first kappa shape index (κ1) is 13.6. The van der Waals surface area contributed by atoms with E-state index >= 15 is 0 Å². The van der Waals surface area contributed by atoms with Gasteiger partial charge in [-0.25, -0.2) is 0 Å². The molecule has 3 heteroatoms. The Morgan fingerprint density at radius 1 is 0.913 bits per heavy atom. The number of aromatic nitrogens is 1. The van der Waals surface area contributed by atoms with Crippen LogP contribution in [0.3, 0.4) is 0 Å². The topological polar surface area (TPSA) is 42.2 Å². The van der Waals surface area contributed by atoms with E-state index in [-0.39, 0.29) is 6.42 Å². The van der Waals surface area contributed by atoms with Crippen LogP contribution in [0.15, 0.2) is 72.9 Å². The third kappa shape index (κ3) is 2.36. The van der Waals surface area contributed by atoms with Gasteiger partial charge in [0.25, 0.3) is 0 Å². The predicted octanol–water partition coefficient (Wildman–Crippen LogP) is 4.41. The zero-order valence-corrected chi connectivity index (χ0v) is 12.4. The maximum absolute atomic E-state index is 11.1. The molecule has 23 heavy (non-hydrogen) atoms. The number of carboxylic acid groups (broad SMARTS) is 1. The first-order valence-electron chi connectivity index (χ1n) is 7.52. The molecule has 1 heterocycles. The Labute approximate surface area is 133 Å². The molecule has 0 saturated carbocycles. The van der Waals surface area contributed by atoms with Gasteiger partial charge in [0.1, 0.15) is 0 Å². The molecule has 0 radical (unpaired) electrons. The number of para-hydroxylation sites is 1. The van der Waals surface area contributed by atoms with Gasteiger partial charge in [-0.3, -0.25) is 4.79 Å². The van der Waals surface area contributed by atoms with E-state index in [1.807, 2.05) is 42.6 Å². The molecule has 112 valence electrons. The van der Waals surface area contributed by atoms with E-state index < -0.39 is 5.97 Å². The molecule has 0 aliphatic rings. The Kier molecular flexibility index (Phi) is 3.12. The minimum absolute atomic E-state index is 0.0289. The molecule has 1 aromatic heterocycles. The second-order valence-corrected chi connectivity index (χ2v) is 5.64. The summed E-state index contributed by atoms with van der Waals surface area (Å²) < 4.78 is 2.07. The van der Waals surface area contributed by atoms with Crippen molar-refractivity contribution >= 4 is 27.6 Å². The number of nitrogens with zero attached hydrogens (tertiary/aromatic N) is 1. The van der Waals surface area contributed by atoms with Crippen molar-refractivity contribution in [1.82, 2.24) is 4.57 Å². The van der Waals surface area contributed by atoms with Crippen molar-refractivity contribution in [2.75, 3.05) is 0 Å². The van der Waals surface area contributed by atoms with Crippen LogP contribution in [0.5, 0.6) is 0 Å². The average molecular weight is 301 g/mol. The van der Waals surface area contributed by atoms with Crippen molar-refractivity contribution in [2.45, 2.75) is 6.42 Å². The Bertz CT molecular complexity index is 1030. The third-order valence-corrected chi connectivity index (χ3v) is 4.15. The van der Waals surface area contributed by atoms with Gasteiger partial charge in [0.2, 0.25) is 0 Å². The number of hydrogen-bond acceptors (Lipinski definition) is 1. The molecule has 1 N–H and O–H groups in total. The normalized spacial score (nSPS) is 11.1. The fraction of sp³-hybridized carbons (Fsp3) is 0.0500. The summed E-state index contributed by atoms with van der Waals surface area (Å²) in [4.78, 5) is 11.1. The van der Waals surface area contributed by atoms with Crippen LogP contribution >= 0.6 is 0 Å². The van der Waals surface area contributed by atoms with E-state index in [2.05, 4.69) is 34.9 Å². The minimum atomic E-state index is -0.814. The van der Waals surface area contributed by atoms with E-state index in [0.717, 1.165) is 22.2 Å². The van der Waals surface area contributed by atoms with E-state index in [0.29, 0.717) is 0 Å². The summed E-state index contributed by atoms with van der Waals surface area (Å²) in [6.07, 6.45) is 1.96. The van der Waals surface area contributed by atoms with Crippen molar-refractivity contribution in [2.24, 2.45) is 0 Å². The fourth-order valence-corrected chi connectivity index (χ4v) is 3.09. The monoisotopic (exact) mass is 301 g/mol. The molecule has 3 nitrogen and oxygen atoms in total. The number of benzene rings is 3. The molecule has 0 aliphatic carbocycles. The van der Waals surface area contributed by atoms with E-state index in [9.17, 15) is 4.79 Å². The second-order valence-electron chi connectivity index (χ2n) is 5.64. The highest BCUT2D eigenvalue weighted by Gasteiger charge is 2.12. The SMILES string of the molecule is O=C(O)Cc1cn(-c2ccc3ccccc3c2)c2ccccc12. The van der Waals surface area contributed by atoms with Crippen LogP contribution in [-0.4, -0.2) is 15.6 Å². The van der Waals surface area contributed by atoms with Gasteiger partial charge in [-0.2, -0.15) is 0 Å². The second kappa shape index (κ2) is 5.29. The molecular formula is C20H15NO2. The van der Waals surface area contributed by atoms with Gasteiger partial charge in [0.05, 0.1) is 11.9 Å². The summed E-state index contributed by atoms with van der Waals surface area (Å²) in [7, 11) is 0. The van der Waals surface area contributed by atoms with Crippen LogP contribution in [0.2, 0.25) is 0 Å². The highest BCUT2D eigenvalue weighted by atomic mass is 16.4. The number of carbonyl (C=O) groups is 1. The molecule has 0 atom stereocenters. The van der Waals surface area contributed by atoms with Crippen LogP contribution in [0.25, 0.3) is 27.4 Å². The van der Waals surface area contributed by atoms with Crippen LogP contribution in [-0.2, 0) is 11.2 Å². The van der Waals surface area contributed by atoms with Crippen LogP contribution in [0, 0.1) is 0 Å². The summed E-state index contributed by atoms with van der Waals surface area (Å²) >= 11 is 0. The molecule has 0 bridgehead atoms. The van der Waals surface area contributed by atoms with Gasteiger partial charge < -0.3 is 9.67 Å². The predicted molar refractivity (Wildman–Crippen MR) is 92.1 cm³/mol. The first-order valence-corrected chi connectivity index (χ1v) is 7.52. The molecule has 0 spiro atoms. The molecule has 0 saturated heterocycles. The number of carboxylic acids is 1. The number of aliphatic carboxylic acids is 1. The zero-order chi connectivity index (χ0) is 15.8. The maximum atomic E-state index is 11.1. The summed E-state index contributed by atoms with van der Waals surface area (Å²) in [6.45, 7) is 0. The van der Waals surface area contributed by atoms with E-state index in [1.54, 1.807) is 0 Å². The Hall–Kier alpha value is -3.07. The summed E-state index contributed by atoms with van der Waals surface area (Å²) in [5, 5.41) is 12.5. The molecule has 4 rings (SSSR count). The van der Waals surface area contributed by atoms with E-state index in [1.165, 1.54) is 10.8 Å². The Balaban J connectivity index is 1.94. The lowest BCUT2D eigenvalue weighted by molar-refractivity contribution is -0.136. The molecule has 3 aromatic carbocycles. The average Bonchev–Trinajstić information content (AvgIpc) is 2.93. The van der Waals surface area contributed by atoms with Gasteiger partial charge >= 0.3 is 5.97 Å². The van der Waals surface area contributed by atoms with Crippen molar-refractivity contribution in [1.29, 1.82) is 0 Å². The first-order chi connectivity index (χ1) is 11.2. The highest BCUT2D eigenvalue weighted by Crippen LogP contribution is 2.27. The Morgan fingerprint density at radius 2 is 1.65 bits per heavy atom. The molecular weight excluding hydrogens is 286 g/mol. The molecule has 0 aliphatic heterocycles. The van der Waals surface area contributed by atoms with E-state index in [4.69, 9.17) is 5.11 Å². The minimum Gasteiger partial charge on any atom is -0.481 e. The largest absolute Gasteiger partial charge is 0.481 e. The number of rotatable bonds is 3. The van der Waals surface area contributed by atoms with Gasteiger partial charge in [-0.1, -0.05) is 48.5 Å². The van der Waals surface area contributed by atoms with Crippen LogP contribution in [0.4, 0.5) is 0 Å². The van der Waals surface area contributed by atoms with Gasteiger partial charge in [0, 0.05) is 17.3 Å². The number of hydrogen-bond donors (Lipinski definition) is 1. The fourth-order valence-electron chi connectivity index (χ4n) is 3.09. The van der Waals surface area contributed by atoms with Gasteiger partial charge in [0.15, 0.2) is 0 Å². The van der Waals surface area contributed by atoms with Crippen molar-refractivity contribution < 1.29 is 9.90 Å². The third-order valence-electron chi connectivity index (χ3n) is 4.15. The molecule has 0 fully saturated rings. The standard InChI is InChI=1S/C20H15NO2/c22-20(23)12-16-13-21(19-8-4-3-7-18(16)19)17-10-9-14-5-1-2-6-15(14)11-17/h1-11,13H,12H2,(H,22,23). The van der Waals surface area contributed by atoms with Crippen molar-refractivity contribution in [3.63, 3.8) is 0 Å². The lowest BCUT2D eigenvalue weighted by Gasteiger charge is -2.07. The summed E-state index contributed by atoms with van der Waals surface area (Å²) in [5.74, 6) is -0.814. The number of fused-ring (bicyclic) bond motifs is 2. The highest BCUT2D eigenvalue weighted by molar-refractivity contribution is 5.90. The molecule has 0 unspecified atom stereocenters. The quantitative estimate of drug-likeness (QED) is 0.609. The van der Waals surface area contributed by atoms with Gasteiger partial charge in [-0.05, 0) is 34.5 Å². The van der Waals surface area contributed by atoms with Gasteiger partial charge in [-0.15, -0.1) is 0 Å². The molecule has 4 aromatic rings. The Morgan fingerprint density at radius 3 is 2.48 bits per heavy atom.